The first-order valence-electron chi connectivity index (χ1n) is 9.36. The molecule has 3 nitrogen and oxygen atoms in total. The average molecular weight is 329 g/mol. The summed E-state index contributed by atoms with van der Waals surface area (Å²) >= 11 is 0. The molecule has 1 aliphatic rings. The predicted octanol–water partition coefficient (Wildman–Crippen LogP) is 5.60. The zero-order chi connectivity index (χ0) is 17.7. The fourth-order valence-electron chi connectivity index (χ4n) is 3.97. The van der Waals surface area contributed by atoms with E-state index in [2.05, 4.69) is 24.6 Å². The van der Waals surface area contributed by atoms with Crippen LogP contribution < -0.4 is 0 Å². The summed E-state index contributed by atoms with van der Waals surface area (Å²) in [7, 11) is 3.57. The molecule has 0 amide bonds. The average Bonchev–Trinajstić information content (AvgIpc) is 3.24. The molecule has 0 bridgehead atoms. The van der Waals surface area contributed by atoms with Gasteiger partial charge in [-0.3, -0.25) is 0 Å². The van der Waals surface area contributed by atoms with Gasteiger partial charge in [0.25, 0.3) is 0 Å². The highest BCUT2D eigenvalue weighted by Crippen LogP contribution is 2.41. The maximum atomic E-state index is 11.8. The van der Waals surface area contributed by atoms with Crippen LogP contribution in [0.25, 0.3) is 10.9 Å². The zero-order valence-electron chi connectivity index (χ0n) is 15.8. The number of aryl methyl sites for hydroxylation is 1. The second-order valence-electron chi connectivity index (χ2n) is 6.37. The second-order valence-corrected chi connectivity index (χ2v) is 6.37. The molecule has 2 aromatic rings. The molecule has 1 saturated carbocycles. The Balaban J connectivity index is 0.00000100. The summed E-state index contributed by atoms with van der Waals surface area (Å²) in [5.74, 6) is 0.428. The Morgan fingerprint density at radius 1 is 1.25 bits per heavy atom. The Labute approximate surface area is 146 Å². The number of carbonyl (C=O) groups is 1. The van der Waals surface area contributed by atoms with Gasteiger partial charge in [0, 0.05) is 23.6 Å². The Morgan fingerprint density at radius 3 is 2.50 bits per heavy atom. The molecule has 0 radical (unpaired) electrons. The van der Waals surface area contributed by atoms with Gasteiger partial charge in [-0.15, -0.1) is 0 Å². The number of hydrogen-bond donors (Lipinski definition) is 0. The van der Waals surface area contributed by atoms with Gasteiger partial charge in [0.05, 0.1) is 12.7 Å². The SMILES string of the molecule is CC.CCCc1c(C2CCCC2)c2ccc(C(=O)OC)cc2n1C. The maximum absolute atomic E-state index is 11.8. The monoisotopic (exact) mass is 329 g/mol. The van der Waals surface area contributed by atoms with Crippen molar-refractivity contribution in [1.82, 2.24) is 4.57 Å². The minimum Gasteiger partial charge on any atom is -0.465 e. The second kappa shape index (κ2) is 8.36. The van der Waals surface area contributed by atoms with Crippen molar-refractivity contribution < 1.29 is 9.53 Å². The van der Waals surface area contributed by atoms with Gasteiger partial charge in [-0.1, -0.05) is 46.1 Å². The largest absolute Gasteiger partial charge is 0.465 e. The number of fused-ring (bicyclic) bond motifs is 1. The summed E-state index contributed by atoms with van der Waals surface area (Å²) < 4.78 is 7.15. The third kappa shape index (κ3) is 3.35. The van der Waals surface area contributed by atoms with Crippen LogP contribution in [-0.2, 0) is 18.2 Å². The molecule has 0 N–H and O–H groups in total. The van der Waals surface area contributed by atoms with Gasteiger partial charge in [0.1, 0.15) is 0 Å². The van der Waals surface area contributed by atoms with E-state index in [9.17, 15) is 4.79 Å². The third-order valence-corrected chi connectivity index (χ3v) is 5.04. The van der Waals surface area contributed by atoms with Crippen molar-refractivity contribution in [3.63, 3.8) is 0 Å². The van der Waals surface area contributed by atoms with Crippen molar-refractivity contribution in [2.75, 3.05) is 7.11 Å². The van der Waals surface area contributed by atoms with E-state index in [0.717, 1.165) is 18.4 Å². The van der Waals surface area contributed by atoms with Crippen LogP contribution >= 0.6 is 0 Å². The van der Waals surface area contributed by atoms with Crippen LogP contribution in [0.5, 0.6) is 0 Å². The molecule has 1 aliphatic carbocycles. The number of esters is 1. The van der Waals surface area contributed by atoms with Gasteiger partial charge >= 0.3 is 5.97 Å². The fourth-order valence-corrected chi connectivity index (χ4v) is 3.97. The highest BCUT2D eigenvalue weighted by atomic mass is 16.5. The number of benzene rings is 1. The van der Waals surface area contributed by atoms with Crippen LogP contribution in [0.15, 0.2) is 18.2 Å². The third-order valence-electron chi connectivity index (χ3n) is 5.04. The molecule has 0 unspecified atom stereocenters. The van der Waals surface area contributed by atoms with E-state index in [1.807, 2.05) is 26.0 Å². The Kier molecular flexibility index (Phi) is 6.47. The van der Waals surface area contributed by atoms with Crippen molar-refractivity contribution in [3.05, 3.63) is 35.0 Å². The summed E-state index contributed by atoms with van der Waals surface area (Å²) in [5.41, 5.74) is 4.78. The first-order valence-corrected chi connectivity index (χ1v) is 9.36. The van der Waals surface area contributed by atoms with Gasteiger partial charge in [0.2, 0.25) is 0 Å². The lowest BCUT2D eigenvalue weighted by Crippen LogP contribution is -2.02. The number of nitrogens with zero attached hydrogens (tertiary/aromatic N) is 1. The molecular formula is C21H31NO2. The number of aromatic nitrogens is 1. The molecule has 1 aromatic heterocycles. The molecule has 0 saturated heterocycles. The highest BCUT2D eigenvalue weighted by molar-refractivity contribution is 5.96. The van der Waals surface area contributed by atoms with Crippen LogP contribution in [0.4, 0.5) is 0 Å². The number of rotatable bonds is 4. The number of hydrogen-bond acceptors (Lipinski definition) is 2. The normalized spacial score (nSPS) is 14.5. The van der Waals surface area contributed by atoms with E-state index in [0.29, 0.717) is 11.5 Å². The van der Waals surface area contributed by atoms with E-state index < -0.39 is 0 Å². The van der Waals surface area contributed by atoms with Gasteiger partial charge in [-0.2, -0.15) is 0 Å². The highest BCUT2D eigenvalue weighted by Gasteiger charge is 2.25. The molecule has 3 rings (SSSR count). The van der Waals surface area contributed by atoms with Crippen molar-refractivity contribution in [3.8, 4) is 0 Å². The molecule has 1 fully saturated rings. The number of ether oxygens (including phenoxy) is 1. The lowest BCUT2D eigenvalue weighted by molar-refractivity contribution is 0.0601. The van der Waals surface area contributed by atoms with Crippen LogP contribution in [0.1, 0.15) is 80.4 Å². The molecule has 132 valence electrons. The predicted molar refractivity (Wildman–Crippen MR) is 101 cm³/mol. The van der Waals surface area contributed by atoms with E-state index >= 15 is 0 Å². The van der Waals surface area contributed by atoms with E-state index in [4.69, 9.17) is 4.74 Å². The molecule has 3 heteroatoms. The van der Waals surface area contributed by atoms with Gasteiger partial charge in [-0.25, -0.2) is 4.79 Å². The van der Waals surface area contributed by atoms with Crippen molar-refractivity contribution >= 4 is 16.9 Å². The van der Waals surface area contributed by atoms with Crippen molar-refractivity contribution in [2.24, 2.45) is 7.05 Å². The van der Waals surface area contributed by atoms with Crippen LogP contribution in [0.3, 0.4) is 0 Å². The molecule has 0 spiro atoms. The summed E-state index contributed by atoms with van der Waals surface area (Å²) in [5, 5.41) is 1.32. The fraction of sp³-hybridized carbons (Fsp3) is 0.571. The molecule has 24 heavy (non-hydrogen) atoms. The Bertz CT molecular complexity index is 693. The van der Waals surface area contributed by atoms with Crippen LogP contribution in [0, 0.1) is 0 Å². The van der Waals surface area contributed by atoms with Gasteiger partial charge in [0.15, 0.2) is 0 Å². The quantitative estimate of drug-likeness (QED) is 0.684. The van der Waals surface area contributed by atoms with Gasteiger partial charge in [-0.05, 0) is 42.9 Å². The summed E-state index contributed by atoms with van der Waals surface area (Å²) in [4.78, 5) is 11.8. The first kappa shape index (κ1) is 18.6. The Morgan fingerprint density at radius 2 is 1.92 bits per heavy atom. The number of methoxy groups -OCH3 is 1. The molecule has 0 atom stereocenters. The minimum atomic E-state index is -0.262. The van der Waals surface area contributed by atoms with Crippen molar-refractivity contribution in [2.45, 2.75) is 65.2 Å². The standard InChI is InChI=1S/C19H25NO2.C2H6/c1-4-7-16-18(13-8-5-6-9-13)15-11-10-14(19(21)22-3)12-17(15)20(16)2;1-2/h10-13H,4-9H2,1-3H3;1-2H3. The van der Waals surface area contributed by atoms with E-state index in [-0.39, 0.29) is 5.97 Å². The lowest BCUT2D eigenvalue weighted by Gasteiger charge is -2.12. The van der Waals surface area contributed by atoms with Gasteiger partial charge < -0.3 is 9.30 Å². The van der Waals surface area contributed by atoms with Crippen LogP contribution in [-0.4, -0.2) is 17.6 Å². The van der Waals surface area contributed by atoms with E-state index in [1.54, 1.807) is 0 Å². The smallest absolute Gasteiger partial charge is 0.337 e. The zero-order valence-corrected chi connectivity index (χ0v) is 15.8. The topological polar surface area (TPSA) is 31.2 Å². The minimum absolute atomic E-state index is 0.262. The molecule has 1 aromatic carbocycles. The summed E-state index contributed by atoms with van der Waals surface area (Å²) in [6.07, 6.45) is 7.53. The van der Waals surface area contributed by atoms with Crippen molar-refractivity contribution in [1.29, 1.82) is 0 Å². The van der Waals surface area contributed by atoms with Crippen LogP contribution in [0.2, 0.25) is 0 Å². The summed E-state index contributed by atoms with van der Waals surface area (Å²) in [6.45, 7) is 6.23. The summed E-state index contributed by atoms with van der Waals surface area (Å²) in [6, 6.07) is 6.01. The maximum Gasteiger partial charge on any atom is 0.337 e. The molecule has 1 heterocycles. The molecular weight excluding hydrogens is 298 g/mol. The van der Waals surface area contributed by atoms with E-state index in [1.165, 1.54) is 49.4 Å². The molecule has 0 aliphatic heterocycles. The Hall–Kier alpha value is -1.77. The first-order chi connectivity index (χ1) is 11.7. The number of carbonyl (C=O) groups excluding carboxylic acids is 1. The lowest BCUT2D eigenvalue weighted by atomic mass is 9.93.